The Balaban J connectivity index is 3.82. The highest BCUT2D eigenvalue weighted by molar-refractivity contribution is 5.74. The van der Waals surface area contributed by atoms with Crippen LogP contribution < -0.4 is 0 Å². The summed E-state index contributed by atoms with van der Waals surface area (Å²) in [4.78, 5) is 15.3. The van der Waals surface area contributed by atoms with Crippen molar-refractivity contribution in [2.75, 3.05) is 6.54 Å². The van der Waals surface area contributed by atoms with E-state index in [1.54, 1.807) is 6.21 Å². The minimum absolute atomic E-state index is 0.118. The quantitative estimate of drug-likeness (QED) is 0.534. The first-order valence-electron chi connectivity index (χ1n) is 5.30. The molecule has 3 nitrogen and oxygen atoms in total. The molecule has 0 aliphatic carbocycles. The average Bonchev–Trinajstić information content (AvgIpc) is 1.92. The maximum absolute atomic E-state index is 11.2. The molecule has 0 aromatic carbocycles. The minimum atomic E-state index is -0.420. The Hall–Kier alpha value is -0.860. The fourth-order valence-electron chi connectivity index (χ4n) is 0.851. The Morgan fingerprint density at radius 2 is 1.73 bits per heavy atom. The third-order valence-corrected chi connectivity index (χ3v) is 1.47. The molecule has 0 amide bonds. The van der Waals surface area contributed by atoms with Crippen molar-refractivity contribution in [1.82, 2.24) is 0 Å². The molecule has 88 valence electrons. The van der Waals surface area contributed by atoms with E-state index in [9.17, 15) is 4.79 Å². The third kappa shape index (κ3) is 11.1. The molecule has 0 aliphatic rings. The van der Waals surface area contributed by atoms with Gasteiger partial charge >= 0.3 is 5.97 Å². The molecule has 0 bridgehead atoms. The molecule has 0 aliphatic heterocycles. The van der Waals surface area contributed by atoms with E-state index < -0.39 is 5.60 Å². The molecule has 3 heteroatoms. The van der Waals surface area contributed by atoms with Crippen molar-refractivity contribution in [3.05, 3.63) is 0 Å². The SMILES string of the molecule is CC(C)(C)CC=NCC(=O)OC(C)(C)C. The summed E-state index contributed by atoms with van der Waals surface area (Å²) in [5, 5.41) is 0. The van der Waals surface area contributed by atoms with Crippen LogP contribution in [0.3, 0.4) is 0 Å². The maximum atomic E-state index is 11.2. The van der Waals surface area contributed by atoms with Gasteiger partial charge in [-0.15, -0.1) is 0 Å². The van der Waals surface area contributed by atoms with E-state index >= 15 is 0 Å². The van der Waals surface area contributed by atoms with Gasteiger partial charge in [-0.3, -0.25) is 9.79 Å². The lowest BCUT2D eigenvalue weighted by Crippen LogP contribution is -2.25. The molecule has 0 unspecified atom stereocenters. The molecule has 0 saturated heterocycles. The second kappa shape index (κ2) is 5.29. The first kappa shape index (κ1) is 14.1. The molecule has 0 fully saturated rings. The number of hydrogen-bond acceptors (Lipinski definition) is 3. The highest BCUT2D eigenvalue weighted by atomic mass is 16.6. The van der Waals surface area contributed by atoms with Gasteiger partial charge in [0.15, 0.2) is 0 Å². The van der Waals surface area contributed by atoms with Crippen LogP contribution in [0.5, 0.6) is 0 Å². The number of rotatable bonds is 3. The summed E-state index contributed by atoms with van der Waals surface area (Å²) >= 11 is 0. The molecular weight excluding hydrogens is 190 g/mol. The first-order valence-corrected chi connectivity index (χ1v) is 5.30. The van der Waals surface area contributed by atoms with Crippen LogP contribution in [-0.4, -0.2) is 24.3 Å². The zero-order valence-electron chi connectivity index (χ0n) is 10.8. The fourth-order valence-corrected chi connectivity index (χ4v) is 0.851. The van der Waals surface area contributed by atoms with E-state index in [1.165, 1.54) is 0 Å². The lowest BCUT2D eigenvalue weighted by atomic mass is 9.93. The van der Waals surface area contributed by atoms with Gasteiger partial charge in [0, 0.05) is 0 Å². The minimum Gasteiger partial charge on any atom is -0.459 e. The predicted octanol–water partition coefficient (Wildman–Crippen LogP) is 2.84. The van der Waals surface area contributed by atoms with E-state index in [0.717, 1.165) is 6.42 Å². The van der Waals surface area contributed by atoms with Crippen LogP contribution in [0.25, 0.3) is 0 Å². The summed E-state index contributed by atoms with van der Waals surface area (Å²) in [6, 6.07) is 0. The standard InChI is InChI=1S/C12H23NO2/c1-11(2,3)7-8-13-9-10(14)15-12(4,5)6/h8H,7,9H2,1-6H3. The van der Waals surface area contributed by atoms with Crippen molar-refractivity contribution >= 4 is 12.2 Å². The van der Waals surface area contributed by atoms with Crippen LogP contribution >= 0.6 is 0 Å². The molecule has 0 spiro atoms. The topological polar surface area (TPSA) is 38.7 Å². The van der Waals surface area contributed by atoms with Crippen molar-refractivity contribution < 1.29 is 9.53 Å². The molecule has 0 saturated carbocycles. The van der Waals surface area contributed by atoms with E-state index in [1.807, 2.05) is 20.8 Å². The Morgan fingerprint density at radius 3 is 2.13 bits per heavy atom. The van der Waals surface area contributed by atoms with Gasteiger partial charge in [0.2, 0.25) is 0 Å². The monoisotopic (exact) mass is 213 g/mol. The molecule has 0 atom stereocenters. The van der Waals surface area contributed by atoms with Crippen LogP contribution in [0.15, 0.2) is 4.99 Å². The number of nitrogens with zero attached hydrogens (tertiary/aromatic N) is 1. The van der Waals surface area contributed by atoms with Crippen LogP contribution in [0, 0.1) is 5.41 Å². The van der Waals surface area contributed by atoms with Gasteiger partial charge in [0.1, 0.15) is 12.1 Å². The summed E-state index contributed by atoms with van der Waals surface area (Å²) in [6.07, 6.45) is 2.67. The zero-order valence-corrected chi connectivity index (χ0v) is 10.8. The maximum Gasteiger partial charge on any atom is 0.328 e. The molecule has 0 radical (unpaired) electrons. The van der Waals surface area contributed by atoms with Gasteiger partial charge in [-0.05, 0) is 38.8 Å². The van der Waals surface area contributed by atoms with Crippen molar-refractivity contribution in [2.45, 2.75) is 53.6 Å². The van der Waals surface area contributed by atoms with Crippen LogP contribution in [0.1, 0.15) is 48.0 Å². The van der Waals surface area contributed by atoms with E-state index in [-0.39, 0.29) is 17.9 Å². The number of ether oxygens (including phenoxy) is 1. The van der Waals surface area contributed by atoms with Gasteiger partial charge < -0.3 is 4.74 Å². The van der Waals surface area contributed by atoms with E-state index in [0.29, 0.717) is 0 Å². The second-order valence-electron chi connectivity index (χ2n) is 5.87. The second-order valence-corrected chi connectivity index (χ2v) is 5.87. The van der Waals surface area contributed by atoms with Crippen LogP contribution in [0.4, 0.5) is 0 Å². The highest BCUT2D eigenvalue weighted by Gasteiger charge is 2.15. The normalized spacial score (nSPS) is 13.2. The average molecular weight is 213 g/mol. The van der Waals surface area contributed by atoms with Crippen molar-refractivity contribution in [3.63, 3.8) is 0 Å². The highest BCUT2D eigenvalue weighted by Crippen LogP contribution is 2.16. The summed E-state index contributed by atoms with van der Waals surface area (Å²) in [7, 11) is 0. The van der Waals surface area contributed by atoms with Gasteiger partial charge in [-0.1, -0.05) is 20.8 Å². The first-order chi connectivity index (χ1) is 6.60. The lowest BCUT2D eigenvalue weighted by Gasteiger charge is -2.18. The summed E-state index contributed by atoms with van der Waals surface area (Å²) in [6.45, 7) is 12.1. The molecule has 0 aromatic rings. The summed E-state index contributed by atoms with van der Waals surface area (Å²) in [5.74, 6) is -0.271. The number of esters is 1. The smallest absolute Gasteiger partial charge is 0.328 e. The number of carbonyl (C=O) groups is 1. The van der Waals surface area contributed by atoms with Gasteiger partial charge in [-0.25, -0.2) is 0 Å². The molecule has 0 heterocycles. The lowest BCUT2D eigenvalue weighted by molar-refractivity contribution is -0.152. The number of aliphatic imine (C=N–C) groups is 1. The molecule has 15 heavy (non-hydrogen) atoms. The number of carbonyl (C=O) groups excluding carboxylic acids is 1. The predicted molar refractivity (Wildman–Crippen MR) is 63.3 cm³/mol. The molecular formula is C12H23NO2. The zero-order chi connectivity index (χ0) is 12.1. The largest absolute Gasteiger partial charge is 0.459 e. The van der Waals surface area contributed by atoms with Gasteiger partial charge in [-0.2, -0.15) is 0 Å². The molecule has 0 rings (SSSR count). The Kier molecular flexibility index (Phi) is 4.98. The van der Waals surface area contributed by atoms with Crippen LogP contribution in [0.2, 0.25) is 0 Å². The molecule has 0 N–H and O–H groups in total. The van der Waals surface area contributed by atoms with Crippen molar-refractivity contribution in [1.29, 1.82) is 0 Å². The number of hydrogen-bond donors (Lipinski definition) is 0. The Morgan fingerprint density at radius 1 is 1.20 bits per heavy atom. The summed E-state index contributed by atoms with van der Waals surface area (Å²) in [5.41, 5.74) is -0.200. The van der Waals surface area contributed by atoms with Crippen LogP contribution in [-0.2, 0) is 9.53 Å². The van der Waals surface area contributed by atoms with Gasteiger partial charge in [0.05, 0.1) is 0 Å². The Labute approximate surface area is 92.9 Å². The van der Waals surface area contributed by atoms with E-state index in [2.05, 4.69) is 25.8 Å². The van der Waals surface area contributed by atoms with Crippen molar-refractivity contribution in [3.8, 4) is 0 Å². The summed E-state index contributed by atoms with van der Waals surface area (Å²) < 4.78 is 5.12. The Bertz CT molecular complexity index is 231. The fraction of sp³-hybridized carbons (Fsp3) is 0.833. The third-order valence-electron chi connectivity index (χ3n) is 1.47. The molecule has 0 aromatic heterocycles. The van der Waals surface area contributed by atoms with E-state index in [4.69, 9.17) is 4.74 Å². The van der Waals surface area contributed by atoms with Crippen molar-refractivity contribution in [2.24, 2.45) is 10.4 Å². The van der Waals surface area contributed by atoms with Gasteiger partial charge in [0.25, 0.3) is 0 Å².